The van der Waals surface area contributed by atoms with Crippen LogP contribution in [0.4, 0.5) is 0 Å². The van der Waals surface area contributed by atoms with Crippen molar-refractivity contribution in [2.75, 3.05) is 0 Å². The first-order chi connectivity index (χ1) is 18.4. The summed E-state index contributed by atoms with van der Waals surface area (Å²) in [5, 5.41) is 12.6. The molecular weight excluding hydrogens is 496 g/mol. The molecule has 0 spiro atoms. The molecule has 0 fully saturated rings. The lowest BCUT2D eigenvalue weighted by atomic mass is 9.96. The highest BCUT2D eigenvalue weighted by Gasteiger charge is 2.49. The fourth-order valence-electron chi connectivity index (χ4n) is 5.76. The molecule has 206 valence electrons. The zero-order valence-electron chi connectivity index (χ0n) is 24.4. The van der Waals surface area contributed by atoms with E-state index < -0.39 is 14.4 Å². The molecule has 1 heterocycles. The maximum Gasteiger partial charge on any atom is 0.258 e. The van der Waals surface area contributed by atoms with E-state index in [4.69, 9.17) is 4.98 Å². The minimum atomic E-state index is -3.02. The average Bonchev–Trinajstić information content (AvgIpc) is 3.31. The van der Waals surface area contributed by atoms with E-state index in [0.717, 1.165) is 45.9 Å². The third-order valence-corrected chi connectivity index (χ3v) is 12.5. The van der Waals surface area contributed by atoms with Gasteiger partial charge < -0.3 is 14.5 Å². The first-order valence-corrected chi connectivity index (χ1v) is 16.0. The Morgan fingerprint density at radius 3 is 1.85 bits per heavy atom. The highest BCUT2D eigenvalue weighted by Crippen LogP contribution is 2.40. The van der Waals surface area contributed by atoms with Gasteiger partial charge in [-0.3, -0.25) is 0 Å². The molecule has 1 atom stereocenters. The van der Waals surface area contributed by atoms with E-state index in [0.29, 0.717) is 12.8 Å². The molecule has 0 saturated carbocycles. The first kappa shape index (κ1) is 29.0. The van der Waals surface area contributed by atoms with Crippen molar-refractivity contribution in [1.29, 1.82) is 0 Å². The number of imidazole rings is 1. The van der Waals surface area contributed by atoms with Gasteiger partial charge in [-0.05, 0) is 40.2 Å². The van der Waals surface area contributed by atoms with Gasteiger partial charge in [-0.25, -0.2) is 4.98 Å². The van der Waals surface area contributed by atoms with Crippen molar-refractivity contribution in [1.82, 2.24) is 9.55 Å². The van der Waals surface area contributed by atoms with Crippen molar-refractivity contribution >= 4 is 18.7 Å². The summed E-state index contributed by atoms with van der Waals surface area (Å²) in [5.74, 6) is 1.06. The van der Waals surface area contributed by atoms with Crippen molar-refractivity contribution in [2.24, 2.45) is 7.05 Å². The lowest BCUT2D eigenvalue weighted by molar-refractivity contribution is 0.159. The predicted molar refractivity (Wildman–Crippen MR) is 165 cm³/mol. The Hall–Kier alpha value is -2.99. The Balaban J connectivity index is 1.39. The van der Waals surface area contributed by atoms with E-state index in [2.05, 4.69) is 93.9 Å². The smallest absolute Gasteiger partial charge is 0.258 e. The Bertz CT molecular complexity index is 1300. The van der Waals surface area contributed by atoms with Gasteiger partial charge in [0.15, 0.2) is 0 Å². The summed E-state index contributed by atoms with van der Waals surface area (Å²) in [6.45, 7) is 10.9. The molecule has 5 heteroatoms. The van der Waals surface area contributed by atoms with Gasteiger partial charge in [0, 0.05) is 24.2 Å². The van der Waals surface area contributed by atoms with Gasteiger partial charge in [0.2, 0.25) is 0 Å². The molecule has 0 aliphatic heterocycles. The third-order valence-electron chi connectivity index (χ3n) is 7.97. The van der Waals surface area contributed by atoms with Crippen LogP contribution in [0, 0.1) is 0 Å². The predicted octanol–water partition coefficient (Wildman–Crippen LogP) is 5.99. The van der Waals surface area contributed by atoms with Crippen LogP contribution in [0.15, 0.2) is 91.1 Å². The van der Waals surface area contributed by atoms with Gasteiger partial charge in [-0.1, -0.05) is 126 Å². The van der Waals surface area contributed by atoms with Gasteiger partial charge in [0.1, 0.15) is 5.82 Å². The number of nitrogens with zero attached hydrogens (tertiary/aromatic N) is 2. The maximum atomic E-state index is 12.3. The summed E-state index contributed by atoms with van der Waals surface area (Å²) < 4.78 is 2.11. The van der Waals surface area contributed by atoms with Crippen molar-refractivity contribution in [3.05, 3.63) is 103 Å². The van der Waals surface area contributed by atoms with E-state index in [-0.39, 0.29) is 10.5 Å². The molecule has 4 aromatic rings. The molecule has 0 aliphatic rings. The summed E-state index contributed by atoms with van der Waals surface area (Å²) in [6, 6.07) is 28.7. The summed E-state index contributed by atoms with van der Waals surface area (Å²) in [5.41, 5.74) is 3.18. The molecule has 0 saturated heterocycles. The second-order valence-corrected chi connectivity index (χ2v) is 16.5. The number of rotatable bonds is 10. The van der Waals surface area contributed by atoms with Crippen LogP contribution in [0.5, 0.6) is 0 Å². The fourth-order valence-corrected chi connectivity index (χ4v) is 9.54. The van der Waals surface area contributed by atoms with E-state index in [1.165, 1.54) is 0 Å². The molecule has 2 N–H and O–H groups in total. The number of hydrogen-bond donors (Lipinski definition) is 2. The quantitative estimate of drug-likeness (QED) is 0.243. The molecule has 0 amide bonds. The second kappa shape index (κ2) is 11.6. The van der Waals surface area contributed by atoms with Crippen LogP contribution in [0.3, 0.4) is 0 Å². The Labute approximate surface area is 235 Å². The second-order valence-electron chi connectivity index (χ2n) is 12.6. The van der Waals surface area contributed by atoms with Crippen molar-refractivity contribution < 1.29 is 9.90 Å². The van der Waals surface area contributed by atoms with Crippen molar-refractivity contribution in [2.45, 2.75) is 76.9 Å². The topological polar surface area (TPSA) is 58.3 Å². The molecule has 4 nitrogen and oxygen atoms in total. The van der Waals surface area contributed by atoms with Crippen molar-refractivity contribution in [3.63, 3.8) is 0 Å². The summed E-state index contributed by atoms with van der Waals surface area (Å²) in [4.78, 5) is 17.2. The molecule has 39 heavy (non-hydrogen) atoms. The first-order valence-electron chi connectivity index (χ1n) is 14.1. The molecule has 0 unspecified atom stereocenters. The number of aliphatic hydroxyl groups is 1. The summed E-state index contributed by atoms with van der Waals surface area (Å²) in [7, 11) is -0.970. The molecule has 0 radical (unpaired) electrons. The minimum Gasteiger partial charge on any atom is -0.424 e. The van der Waals surface area contributed by atoms with Crippen LogP contribution in [-0.4, -0.2) is 33.9 Å². The fraction of sp³-hybridized carbons (Fsp3) is 0.382. The van der Waals surface area contributed by atoms with Crippen LogP contribution in [0.1, 0.15) is 65.3 Å². The van der Waals surface area contributed by atoms with E-state index >= 15 is 0 Å². The van der Waals surface area contributed by atoms with E-state index in [1.807, 2.05) is 43.4 Å². The zero-order chi connectivity index (χ0) is 28.3. The van der Waals surface area contributed by atoms with Gasteiger partial charge in [0.05, 0.1) is 11.8 Å². The number of aromatic nitrogens is 2. The molecule has 0 bridgehead atoms. The van der Waals surface area contributed by atoms with Gasteiger partial charge in [-0.15, -0.1) is 0 Å². The number of benzene rings is 3. The molecule has 1 aromatic heterocycles. The highest BCUT2D eigenvalue weighted by molar-refractivity contribution is 6.98. The normalized spacial score (nSPS) is 13.4. The highest BCUT2D eigenvalue weighted by atomic mass is 28.4. The third kappa shape index (κ3) is 6.43. The standard InChI is InChI=1S/C34H44N2O2Si/c1-33(2,3)32-35-31(25-36(32)6)27-21-19-26(20-22-27)24-28(37)14-13-23-34(4,5)39(38,29-15-9-7-10-16-29)30-17-11-8-12-18-30/h7-12,15-22,25,28,37-38H,13-14,23-24H2,1-6H3/t28-/m1/s1. The molecule has 4 rings (SSSR count). The van der Waals surface area contributed by atoms with Crippen LogP contribution < -0.4 is 10.4 Å². The van der Waals surface area contributed by atoms with Gasteiger partial charge in [0.25, 0.3) is 8.32 Å². The average molecular weight is 541 g/mol. The molecule has 0 aliphatic carbocycles. The maximum absolute atomic E-state index is 12.3. The van der Waals surface area contributed by atoms with Crippen LogP contribution >= 0.6 is 0 Å². The molecule has 3 aromatic carbocycles. The van der Waals surface area contributed by atoms with Crippen LogP contribution in [-0.2, 0) is 18.9 Å². The number of aliphatic hydroxyl groups excluding tert-OH is 1. The Morgan fingerprint density at radius 1 is 0.821 bits per heavy atom. The SMILES string of the molecule is Cn1cc(-c2ccc(C[C@H](O)CCCC(C)(C)[Si](O)(c3ccccc3)c3ccccc3)cc2)nc1C(C)(C)C. The van der Waals surface area contributed by atoms with E-state index in [9.17, 15) is 9.90 Å². The van der Waals surface area contributed by atoms with Crippen LogP contribution in [0.25, 0.3) is 11.3 Å². The largest absolute Gasteiger partial charge is 0.424 e. The summed E-state index contributed by atoms with van der Waals surface area (Å²) >= 11 is 0. The Kier molecular flexibility index (Phi) is 8.65. The number of aryl methyl sites for hydroxylation is 1. The van der Waals surface area contributed by atoms with Crippen molar-refractivity contribution in [3.8, 4) is 11.3 Å². The van der Waals surface area contributed by atoms with E-state index in [1.54, 1.807) is 0 Å². The number of hydrogen-bond acceptors (Lipinski definition) is 3. The van der Waals surface area contributed by atoms with Gasteiger partial charge in [-0.2, -0.15) is 0 Å². The lowest BCUT2D eigenvalue weighted by Crippen LogP contribution is -2.65. The summed E-state index contributed by atoms with van der Waals surface area (Å²) in [6.07, 6.45) is 4.68. The molecular formula is C34H44N2O2Si. The minimum absolute atomic E-state index is 0.00795. The van der Waals surface area contributed by atoms with Gasteiger partial charge >= 0.3 is 0 Å². The van der Waals surface area contributed by atoms with Crippen LogP contribution in [0.2, 0.25) is 5.04 Å². The monoisotopic (exact) mass is 540 g/mol. The lowest BCUT2D eigenvalue weighted by Gasteiger charge is -2.41. The zero-order valence-corrected chi connectivity index (χ0v) is 25.4. The Morgan fingerprint density at radius 2 is 1.36 bits per heavy atom.